The number of ketones is 4. The summed E-state index contributed by atoms with van der Waals surface area (Å²) in [7, 11) is 0. The maximum absolute atomic E-state index is 14.3. The molecule has 10 nitrogen and oxygen atoms in total. The van der Waals surface area contributed by atoms with Gasteiger partial charge >= 0.3 is 24.5 Å². The highest BCUT2D eigenvalue weighted by Crippen LogP contribution is 2.41. The number of allylic oxidation sites excluding steroid dienone is 2. The first-order valence-corrected chi connectivity index (χ1v) is 24.3. The van der Waals surface area contributed by atoms with E-state index in [1.165, 1.54) is 21.3 Å². The number of fused-ring (bicyclic) bond motifs is 9. The second-order valence-corrected chi connectivity index (χ2v) is 20.0. The smallest absolute Gasteiger partial charge is 0.419 e. The van der Waals surface area contributed by atoms with Crippen molar-refractivity contribution in [3.63, 3.8) is 0 Å². The largest absolute Gasteiger partial charge is 0.444 e. The Hall–Kier alpha value is -8.48. The van der Waals surface area contributed by atoms with Crippen LogP contribution in [0.25, 0.3) is 68.0 Å². The van der Waals surface area contributed by atoms with Crippen LogP contribution in [0.3, 0.4) is 0 Å². The quantitative estimate of drug-likeness (QED) is 0.0915. The molecule has 0 fully saturated rings. The Morgan fingerprint density at radius 1 is 0.500 bits per heavy atom. The van der Waals surface area contributed by atoms with E-state index in [2.05, 4.69) is 0 Å². The third-order valence-corrected chi connectivity index (χ3v) is 15.6. The number of carbonyl (C=O) groups excluding carboxylic acids is 6. The molecular weight excluding hydrogens is 1010 g/mol. The van der Waals surface area contributed by atoms with Crippen LogP contribution in [0.15, 0.2) is 109 Å². The monoisotopic (exact) mass is 1040 g/mol. The van der Waals surface area contributed by atoms with Crippen molar-refractivity contribution in [2.75, 3.05) is 0 Å². The Bertz CT molecular complexity index is 3920. The van der Waals surface area contributed by atoms with E-state index >= 15 is 0 Å². The highest BCUT2D eigenvalue weighted by Gasteiger charge is 2.40. The molecule has 8 aromatic rings. The van der Waals surface area contributed by atoms with Crippen molar-refractivity contribution < 1.29 is 64.6 Å². The average Bonchev–Trinajstić information content (AvgIpc) is 4.22. The van der Waals surface area contributed by atoms with Crippen LogP contribution in [0.4, 0.5) is 35.9 Å². The van der Waals surface area contributed by atoms with Crippen LogP contribution in [0, 0.1) is 11.8 Å². The van der Waals surface area contributed by atoms with E-state index in [-0.39, 0.29) is 46.6 Å². The Kier molecular flexibility index (Phi) is 10.7. The molecule has 0 aliphatic heterocycles. The molecule has 0 bridgehead atoms. The maximum atomic E-state index is 14.3. The first kappa shape index (κ1) is 46.6. The molecule has 2 unspecified atom stereocenters. The number of hydrogen-bond acceptors (Lipinski definition) is 10. The van der Waals surface area contributed by atoms with Crippen molar-refractivity contribution in [2.45, 2.75) is 25.6 Å². The molecule has 0 N–H and O–H groups in total. The Balaban J connectivity index is 1.01. The van der Waals surface area contributed by atoms with Crippen LogP contribution in [-0.4, -0.2) is 44.5 Å². The van der Waals surface area contributed by atoms with E-state index in [1.807, 2.05) is 36.4 Å². The third kappa shape index (κ3) is 7.70. The minimum Gasteiger partial charge on any atom is -0.444 e. The Morgan fingerprint density at radius 2 is 0.892 bits per heavy atom. The van der Waals surface area contributed by atoms with Crippen LogP contribution >= 0.6 is 22.7 Å². The van der Waals surface area contributed by atoms with Crippen molar-refractivity contribution in [1.29, 1.82) is 0 Å². The van der Waals surface area contributed by atoms with Crippen LogP contribution < -0.4 is 21.1 Å². The lowest BCUT2D eigenvalue weighted by Gasteiger charge is -2.21. The van der Waals surface area contributed by atoms with Gasteiger partial charge in [-0.1, -0.05) is 85.0 Å². The summed E-state index contributed by atoms with van der Waals surface area (Å²) in [6, 6.07) is 26.1. The molecule has 0 saturated carbocycles. The number of alkyl halides is 6. The number of Topliss-reactive ketones (excluding diaryl/α,β-unsaturated/α-hetero) is 4. The van der Waals surface area contributed by atoms with E-state index in [4.69, 9.17) is 9.47 Å². The van der Waals surface area contributed by atoms with E-state index < -0.39 is 70.6 Å². The molecule has 4 aromatic carbocycles. The summed E-state index contributed by atoms with van der Waals surface area (Å²) < 4.78 is 98.5. The molecule has 12 rings (SSSR count). The van der Waals surface area contributed by atoms with E-state index in [0.29, 0.717) is 62.4 Å². The number of hydrogen-bond donors (Lipinski definition) is 0. The van der Waals surface area contributed by atoms with Gasteiger partial charge in [-0.3, -0.25) is 19.2 Å². The first-order chi connectivity index (χ1) is 35.4. The van der Waals surface area contributed by atoms with Gasteiger partial charge in [0.15, 0.2) is 0 Å². The average molecular weight is 1040 g/mol. The number of benzene rings is 4. The summed E-state index contributed by atoms with van der Waals surface area (Å²) in [5.41, 5.74) is -1.05. The third-order valence-electron chi connectivity index (χ3n) is 13.3. The van der Waals surface area contributed by atoms with Gasteiger partial charge in [-0.15, -0.1) is 22.7 Å². The van der Waals surface area contributed by atoms with Gasteiger partial charge < -0.3 is 9.47 Å². The van der Waals surface area contributed by atoms with Crippen molar-refractivity contribution >= 4 is 126 Å². The van der Waals surface area contributed by atoms with Gasteiger partial charge in [0.25, 0.3) is 0 Å². The zero-order valence-corrected chi connectivity index (χ0v) is 39.3. The number of nitrogens with zero attached hydrogens (tertiary/aromatic N) is 2. The van der Waals surface area contributed by atoms with Gasteiger partial charge in [-0.25, -0.2) is 18.7 Å². The number of ether oxygens (including phenoxy) is 2. The fourth-order valence-electron chi connectivity index (χ4n) is 9.88. The number of rotatable bonds is 6. The fourth-order valence-corrected chi connectivity index (χ4v) is 12.1. The molecule has 0 radical (unpaired) electrons. The molecule has 18 heteroatoms. The minimum absolute atomic E-state index is 0.0965. The van der Waals surface area contributed by atoms with Crippen LogP contribution in [0.2, 0.25) is 0 Å². The summed E-state index contributed by atoms with van der Waals surface area (Å²) in [4.78, 5) is 82.0. The van der Waals surface area contributed by atoms with E-state index in [0.717, 1.165) is 59.1 Å². The van der Waals surface area contributed by atoms with Gasteiger partial charge in [-0.05, 0) is 82.9 Å². The summed E-state index contributed by atoms with van der Waals surface area (Å²) in [5, 5.41) is 2.06. The molecular formula is C56H30F6N2O8S2. The second kappa shape index (κ2) is 17.1. The van der Waals surface area contributed by atoms with Crippen molar-refractivity contribution in [1.82, 2.24) is 9.13 Å². The normalized spacial score (nSPS) is 17.9. The molecule has 4 heterocycles. The van der Waals surface area contributed by atoms with Crippen LogP contribution in [-0.2, 0) is 44.6 Å². The summed E-state index contributed by atoms with van der Waals surface area (Å²) in [6.45, 7) is -0.193. The molecule has 74 heavy (non-hydrogen) atoms. The van der Waals surface area contributed by atoms with Crippen molar-refractivity contribution in [3.8, 4) is 0 Å². The molecule has 2 atom stereocenters. The highest BCUT2D eigenvalue weighted by molar-refractivity contribution is 7.20. The molecule has 4 aromatic heterocycles. The molecule has 366 valence electrons. The van der Waals surface area contributed by atoms with E-state index in [9.17, 15) is 55.1 Å². The maximum Gasteiger partial charge on any atom is 0.419 e. The molecule has 0 spiro atoms. The Morgan fingerprint density at radius 3 is 1.27 bits per heavy atom. The van der Waals surface area contributed by atoms with Crippen LogP contribution in [0.1, 0.15) is 63.9 Å². The lowest BCUT2D eigenvalue weighted by atomic mass is 9.84. The predicted octanol–water partition coefficient (Wildman–Crippen LogP) is 9.82. The summed E-state index contributed by atoms with van der Waals surface area (Å²) in [5.74, 6) is -4.77. The van der Waals surface area contributed by atoms with E-state index in [1.54, 1.807) is 60.7 Å². The highest BCUT2D eigenvalue weighted by atomic mass is 32.1. The number of thiophene rings is 2. The Labute approximate surface area is 420 Å². The molecule has 4 aliphatic carbocycles. The van der Waals surface area contributed by atoms with Gasteiger partial charge in [-0.2, -0.15) is 26.3 Å². The lowest BCUT2D eigenvalue weighted by Crippen LogP contribution is -2.42. The second-order valence-electron chi connectivity index (χ2n) is 17.8. The first-order valence-electron chi connectivity index (χ1n) is 22.6. The summed E-state index contributed by atoms with van der Waals surface area (Å²) >= 11 is 2.29. The van der Waals surface area contributed by atoms with Crippen molar-refractivity contribution in [3.05, 3.63) is 185 Å². The molecule has 0 amide bonds. The lowest BCUT2D eigenvalue weighted by molar-refractivity contribution is -0.138. The standard InChI is InChI=1S/C56H30F6N2O8S2/c57-55(58,59)31-11-13-35-37(19-31)39(49(67)47(35)65)21-33-23-45-51(73-33)41-15-30-18-44-42(16-29(30)17-43(41)63(45)53(69)71-25-27-7-3-1-4-8-27)52-46(64(44)54(70)72-26-28-9-5-2-6-10-28)24-34(74-52)22-40-38-20-32(56(60,61)62)12-14-36(38)48(66)50(40)68/h1-24,29-30H,25-26H2/b39-21-,40-22-. The van der Waals surface area contributed by atoms with Gasteiger partial charge in [0, 0.05) is 54.3 Å². The topological polar surface area (TPSA) is 131 Å². The number of halogens is 6. The van der Waals surface area contributed by atoms with Gasteiger partial charge in [0.2, 0.25) is 23.1 Å². The fraction of sp³-hybridized carbons (Fsp3) is 0.107. The molecule has 4 aliphatic rings. The zero-order chi connectivity index (χ0) is 51.5. The minimum atomic E-state index is -4.74. The molecule has 0 saturated heterocycles. The number of aromatic nitrogens is 2. The SMILES string of the molecule is O=C1C(=O)c2ccc(C(F)(F)F)cc2/C1=C/c1cc2c(s1)c1c(n2C(=O)OCc2ccccc2)=CC2C=c3c(n(C(=O)OCc4ccccc4)c4cc(/C=C5\C(=O)C(=O)c6ccc(C(F)(F)F)cc65)sc34)=CC2C=1. The number of carbonyl (C=O) groups is 6. The van der Waals surface area contributed by atoms with Gasteiger partial charge in [0.05, 0.1) is 42.3 Å². The van der Waals surface area contributed by atoms with Crippen LogP contribution in [0.5, 0.6) is 0 Å². The van der Waals surface area contributed by atoms with Crippen molar-refractivity contribution in [2.24, 2.45) is 11.8 Å². The zero-order valence-electron chi connectivity index (χ0n) is 37.7. The predicted molar refractivity (Wildman–Crippen MR) is 264 cm³/mol. The summed E-state index contributed by atoms with van der Waals surface area (Å²) in [6.07, 6.45) is -0.763. The van der Waals surface area contributed by atoms with Gasteiger partial charge in [0.1, 0.15) is 13.2 Å².